The van der Waals surface area contributed by atoms with Crippen molar-refractivity contribution in [2.24, 2.45) is 0 Å². The summed E-state index contributed by atoms with van der Waals surface area (Å²) in [5.41, 5.74) is 4.40. The molecule has 2 aromatic heterocycles. The van der Waals surface area contributed by atoms with Gasteiger partial charge in [0.15, 0.2) is 5.54 Å². The van der Waals surface area contributed by atoms with Crippen LogP contribution >= 0.6 is 0 Å². The van der Waals surface area contributed by atoms with Gasteiger partial charge in [-0.05, 0) is 54.0 Å². The van der Waals surface area contributed by atoms with Gasteiger partial charge in [-0.3, -0.25) is 9.48 Å². The summed E-state index contributed by atoms with van der Waals surface area (Å²) in [6, 6.07) is 16.3. The molecule has 1 saturated carbocycles. The van der Waals surface area contributed by atoms with Crippen LogP contribution in [0.1, 0.15) is 61.9 Å². The van der Waals surface area contributed by atoms with Crippen LogP contribution in [0.2, 0.25) is 0 Å². The van der Waals surface area contributed by atoms with Crippen molar-refractivity contribution in [3.8, 4) is 22.5 Å². The van der Waals surface area contributed by atoms with Gasteiger partial charge in [0.05, 0.1) is 6.04 Å². The van der Waals surface area contributed by atoms with Crippen LogP contribution in [-0.4, -0.2) is 41.1 Å². The third-order valence-electron chi connectivity index (χ3n) is 7.87. The highest BCUT2D eigenvalue weighted by atomic mass is 16.4. The van der Waals surface area contributed by atoms with Crippen molar-refractivity contribution in [2.45, 2.75) is 63.5 Å². The third kappa shape index (κ3) is 3.33. The summed E-state index contributed by atoms with van der Waals surface area (Å²) >= 11 is 0. The number of carboxylic acids is 1. The minimum Gasteiger partial charge on any atom is -0.479 e. The van der Waals surface area contributed by atoms with Crippen molar-refractivity contribution >= 4 is 5.97 Å². The van der Waals surface area contributed by atoms with E-state index in [0.717, 1.165) is 59.2 Å². The lowest BCUT2D eigenvalue weighted by molar-refractivity contribution is -0.155. The van der Waals surface area contributed by atoms with Gasteiger partial charge in [-0.25, -0.2) is 9.48 Å². The molecule has 2 bridgehead atoms. The highest BCUT2D eigenvalue weighted by Crippen LogP contribution is 2.46. The lowest BCUT2D eigenvalue weighted by Gasteiger charge is -2.46. The summed E-state index contributed by atoms with van der Waals surface area (Å²) in [5, 5.41) is 24.6. The summed E-state index contributed by atoms with van der Waals surface area (Å²) in [7, 11) is 0. The van der Waals surface area contributed by atoms with E-state index in [9.17, 15) is 14.7 Å². The van der Waals surface area contributed by atoms with E-state index in [0.29, 0.717) is 25.1 Å². The van der Waals surface area contributed by atoms with Crippen molar-refractivity contribution in [2.75, 3.05) is 0 Å². The maximum absolute atomic E-state index is 13.7. The molecule has 0 saturated heterocycles. The van der Waals surface area contributed by atoms with E-state index >= 15 is 0 Å². The zero-order valence-corrected chi connectivity index (χ0v) is 20.1. The molecule has 1 fully saturated rings. The second-order valence-electron chi connectivity index (χ2n) is 9.86. The zero-order chi connectivity index (χ0) is 24.9. The Morgan fingerprint density at radius 3 is 2.47 bits per heavy atom. The lowest BCUT2D eigenvalue weighted by atomic mass is 9.77. The highest BCUT2D eigenvalue weighted by Gasteiger charge is 2.52. The molecule has 4 aromatic rings. The van der Waals surface area contributed by atoms with Crippen molar-refractivity contribution in [3.05, 3.63) is 75.7 Å². The molecule has 7 rings (SSSR count). The van der Waals surface area contributed by atoms with Crippen LogP contribution in [-0.2, 0) is 23.2 Å². The SMILES string of the molecule is CCCc1c(Cc2ccc(-c3ccccc3-c3nn[nH]n3)cc2)c(=O)n2n1C1CCC2(C(=O)O)CC1. The molecule has 3 aliphatic rings. The van der Waals surface area contributed by atoms with Gasteiger partial charge >= 0.3 is 5.97 Å². The monoisotopic (exact) mass is 484 g/mol. The maximum Gasteiger partial charge on any atom is 0.331 e. The molecule has 9 heteroatoms. The number of carbonyl (C=O) groups is 1. The molecule has 0 unspecified atom stereocenters. The molecule has 0 amide bonds. The second-order valence-corrected chi connectivity index (χ2v) is 9.86. The summed E-state index contributed by atoms with van der Waals surface area (Å²) in [4.78, 5) is 26.1. The van der Waals surface area contributed by atoms with E-state index in [4.69, 9.17) is 0 Å². The Labute approximate surface area is 207 Å². The highest BCUT2D eigenvalue weighted by molar-refractivity contribution is 5.80. The molecule has 0 radical (unpaired) electrons. The number of nitrogens with zero attached hydrogens (tertiary/aromatic N) is 5. The predicted molar refractivity (Wildman–Crippen MR) is 134 cm³/mol. The van der Waals surface area contributed by atoms with Crippen LogP contribution in [0.5, 0.6) is 0 Å². The van der Waals surface area contributed by atoms with Gasteiger partial charge in [-0.1, -0.05) is 61.9 Å². The molecule has 4 heterocycles. The Kier molecular flexibility index (Phi) is 5.35. The molecule has 0 spiro atoms. The number of rotatable bonds is 7. The van der Waals surface area contributed by atoms with Gasteiger partial charge in [0, 0.05) is 23.2 Å². The molecular formula is C27H28N6O3. The predicted octanol–water partition coefficient (Wildman–Crippen LogP) is 3.95. The van der Waals surface area contributed by atoms with Crippen LogP contribution in [0.15, 0.2) is 53.3 Å². The fraction of sp³-hybridized carbons (Fsp3) is 0.370. The van der Waals surface area contributed by atoms with Crippen molar-refractivity contribution in [1.82, 2.24) is 30.0 Å². The molecule has 1 aliphatic carbocycles. The summed E-state index contributed by atoms with van der Waals surface area (Å²) in [6.07, 6.45) is 4.81. The fourth-order valence-corrected chi connectivity index (χ4v) is 6.13. The van der Waals surface area contributed by atoms with E-state index in [1.165, 1.54) is 0 Å². The van der Waals surface area contributed by atoms with E-state index in [1.807, 2.05) is 48.5 Å². The Hall–Kier alpha value is -4.01. The Morgan fingerprint density at radius 2 is 1.83 bits per heavy atom. The number of hydrogen-bond donors (Lipinski definition) is 2. The molecular weight excluding hydrogens is 456 g/mol. The first-order valence-corrected chi connectivity index (χ1v) is 12.5. The molecule has 2 aliphatic heterocycles. The molecule has 184 valence electrons. The Balaban J connectivity index is 1.38. The topological polar surface area (TPSA) is 119 Å². The minimum absolute atomic E-state index is 0.142. The van der Waals surface area contributed by atoms with Crippen LogP contribution in [0.25, 0.3) is 22.5 Å². The van der Waals surface area contributed by atoms with Gasteiger partial charge in [0.1, 0.15) is 0 Å². The zero-order valence-electron chi connectivity index (χ0n) is 20.1. The smallest absolute Gasteiger partial charge is 0.331 e. The second kappa shape index (κ2) is 8.58. The summed E-state index contributed by atoms with van der Waals surface area (Å²) < 4.78 is 3.65. The number of carboxylic acid groups (broad SMARTS) is 1. The van der Waals surface area contributed by atoms with Crippen LogP contribution in [0.3, 0.4) is 0 Å². The standard InChI is InChI=1S/C27H28N6O3/c1-2-5-23-22(25(34)33-27(26(35)36)14-12-19(13-15-27)32(23)33)16-17-8-10-18(11-9-17)20-6-3-4-7-21(20)24-28-30-31-29-24/h3-4,6-11,19H,2,5,12-16H2,1H3,(H,35,36)(H,28,29,30,31). The number of aromatic amines is 1. The third-order valence-corrected chi connectivity index (χ3v) is 7.87. The van der Waals surface area contributed by atoms with Crippen molar-refractivity contribution in [3.63, 3.8) is 0 Å². The summed E-state index contributed by atoms with van der Waals surface area (Å²) in [5.74, 6) is -0.353. The molecule has 9 nitrogen and oxygen atoms in total. The van der Waals surface area contributed by atoms with E-state index < -0.39 is 11.5 Å². The van der Waals surface area contributed by atoms with Crippen LogP contribution < -0.4 is 5.56 Å². The molecule has 2 N–H and O–H groups in total. The largest absolute Gasteiger partial charge is 0.479 e. The van der Waals surface area contributed by atoms with Gasteiger partial charge in [0.25, 0.3) is 5.56 Å². The quantitative estimate of drug-likeness (QED) is 0.410. The van der Waals surface area contributed by atoms with Gasteiger partial charge in [-0.2, -0.15) is 5.21 Å². The average Bonchev–Trinajstić information content (AvgIpc) is 3.54. The number of aromatic nitrogens is 6. The van der Waals surface area contributed by atoms with E-state index in [2.05, 4.69) is 32.2 Å². The Morgan fingerprint density at radius 1 is 1.11 bits per heavy atom. The molecule has 2 aromatic carbocycles. The summed E-state index contributed by atoms with van der Waals surface area (Å²) in [6.45, 7) is 2.10. The number of hydrogen-bond acceptors (Lipinski definition) is 5. The Bertz CT molecular complexity index is 1470. The number of nitrogens with one attached hydrogen (secondary N) is 1. The number of benzene rings is 2. The number of fused-ring (bicyclic) bond motifs is 2. The minimum atomic E-state index is -1.12. The first-order chi connectivity index (χ1) is 17.5. The van der Waals surface area contributed by atoms with Gasteiger partial charge in [-0.15, -0.1) is 10.2 Å². The van der Waals surface area contributed by atoms with Gasteiger partial charge < -0.3 is 5.11 Å². The van der Waals surface area contributed by atoms with Gasteiger partial charge in [0.2, 0.25) is 5.82 Å². The van der Waals surface area contributed by atoms with E-state index in [-0.39, 0.29) is 11.6 Å². The van der Waals surface area contributed by atoms with Crippen LogP contribution in [0, 0.1) is 0 Å². The normalized spacial score (nSPS) is 20.4. The van der Waals surface area contributed by atoms with E-state index in [1.54, 1.807) is 4.68 Å². The van der Waals surface area contributed by atoms with Crippen molar-refractivity contribution in [1.29, 1.82) is 0 Å². The fourth-order valence-electron chi connectivity index (χ4n) is 6.13. The first kappa shape index (κ1) is 22.5. The average molecular weight is 485 g/mol. The lowest BCUT2D eigenvalue weighted by Crippen LogP contribution is -2.56. The molecule has 0 atom stereocenters. The first-order valence-electron chi connectivity index (χ1n) is 12.5. The number of H-pyrrole nitrogens is 1. The van der Waals surface area contributed by atoms with Crippen LogP contribution in [0.4, 0.5) is 0 Å². The molecule has 36 heavy (non-hydrogen) atoms. The number of aliphatic carboxylic acids is 1. The van der Waals surface area contributed by atoms with Crippen molar-refractivity contribution < 1.29 is 9.90 Å². The number of tetrazole rings is 1. The maximum atomic E-state index is 13.7.